The zero-order valence-electron chi connectivity index (χ0n) is 16.5. The van der Waals surface area contributed by atoms with Crippen LogP contribution in [0.15, 0.2) is 55.0 Å². The Balaban J connectivity index is 1.23. The van der Waals surface area contributed by atoms with E-state index < -0.39 is 11.7 Å². The van der Waals surface area contributed by atoms with Gasteiger partial charge in [-0.3, -0.25) is 19.3 Å². The topological polar surface area (TPSA) is 118 Å². The van der Waals surface area contributed by atoms with Crippen molar-refractivity contribution >= 4 is 22.8 Å². The highest BCUT2D eigenvalue weighted by atomic mass is 19.1. The minimum Gasteiger partial charge on any atom is -0.354 e. The van der Waals surface area contributed by atoms with E-state index in [1.807, 2.05) is 24.3 Å². The molecule has 3 N–H and O–H groups in total. The first-order valence-corrected chi connectivity index (χ1v) is 9.69. The molecule has 4 rings (SSSR count). The van der Waals surface area contributed by atoms with Crippen molar-refractivity contribution < 1.29 is 14.0 Å². The van der Waals surface area contributed by atoms with E-state index in [4.69, 9.17) is 0 Å². The summed E-state index contributed by atoms with van der Waals surface area (Å²) in [5.74, 6) is -0.356. The number of H-pyrrole nitrogens is 1. The number of fused-ring (bicyclic) bond motifs is 1. The van der Waals surface area contributed by atoms with E-state index in [-0.39, 0.29) is 30.3 Å². The highest BCUT2D eigenvalue weighted by Crippen LogP contribution is 2.10. The predicted molar refractivity (Wildman–Crippen MR) is 110 cm³/mol. The average Bonchev–Trinajstić information content (AvgIpc) is 3.39. The molecule has 0 unspecified atom stereocenters. The van der Waals surface area contributed by atoms with Gasteiger partial charge < -0.3 is 15.6 Å². The summed E-state index contributed by atoms with van der Waals surface area (Å²) >= 11 is 0. The van der Waals surface area contributed by atoms with E-state index in [1.165, 1.54) is 35.4 Å². The van der Waals surface area contributed by atoms with Crippen LogP contribution in [0.2, 0.25) is 0 Å². The summed E-state index contributed by atoms with van der Waals surface area (Å²) in [5, 5.41) is 9.42. The third-order valence-electron chi connectivity index (χ3n) is 4.57. The van der Waals surface area contributed by atoms with Crippen LogP contribution in [0.5, 0.6) is 0 Å². The second-order valence-corrected chi connectivity index (χ2v) is 6.84. The number of hydrogen-bond donors (Lipinski definition) is 3. The van der Waals surface area contributed by atoms with Gasteiger partial charge >= 0.3 is 0 Å². The van der Waals surface area contributed by atoms with Crippen LogP contribution in [0.4, 0.5) is 4.39 Å². The van der Waals surface area contributed by atoms with E-state index in [9.17, 15) is 14.0 Å². The largest absolute Gasteiger partial charge is 0.354 e. The Labute approximate surface area is 176 Å². The van der Waals surface area contributed by atoms with E-state index in [1.54, 1.807) is 0 Å². The quantitative estimate of drug-likeness (QED) is 0.399. The number of aromatic amines is 1. The highest BCUT2D eigenvalue weighted by molar-refractivity contribution is 5.93. The van der Waals surface area contributed by atoms with Crippen LogP contribution in [-0.2, 0) is 24.3 Å². The molecule has 0 fully saturated rings. The van der Waals surface area contributed by atoms with Crippen LogP contribution in [-0.4, -0.2) is 43.1 Å². The first kappa shape index (κ1) is 20.2. The third kappa shape index (κ3) is 5.10. The molecule has 0 aliphatic rings. The molecule has 0 aliphatic carbocycles. The van der Waals surface area contributed by atoms with Crippen LogP contribution in [0.25, 0.3) is 11.0 Å². The number of amides is 2. The van der Waals surface area contributed by atoms with E-state index in [2.05, 4.69) is 30.7 Å². The molecule has 0 atom stereocenters. The number of carbonyl (C=O) groups excluding carboxylic acids is 2. The van der Waals surface area contributed by atoms with E-state index in [0.29, 0.717) is 13.0 Å². The maximum Gasteiger partial charge on any atom is 0.254 e. The van der Waals surface area contributed by atoms with E-state index in [0.717, 1.165) is 16.9 Å². The van der Waals surface area contributed by atoms with Crippen LogP contribution in [0, 0.1) is 5.82 Å². The lowest BCUT2D eigenvalue weighted by atomic mass is 10.3. The number of rotatable bonds is 8. The molecule has 0 bridgehead atoms. The molecule has 0 saturated carbocycles. The molecule has 0 aliphatic heterocycles. The van der Waals surface area contributed by atoms with Gasteiger partial charge in [-0.15, -0.1) is 0 Å². The van der Waals surface area contributed by atoms with Crippen molar-refractivity contribution in [1.29, 1.82) is 0 Å². The monoisotopic (exact) mass is 421 g/mol. The van der Waals surface area contributed by atoms with Gasteiger partial charge in [-0.2, -0.15) is 5.10 Å². The molecule has 0 radical (unpaired) electrons. The zero-order chi connectivity index (χ0) is 21.6. The molecule has 9 nitrogen and oxygen atoms in total. The molecule has 3 heterocycles. The number of nitrogens with one attached hydrogen (secondary N) is 3. The fraction of sp³-hybridized carbons (Fsp3) is 0.190. The third-order valence-corrected chi connectivity index (χ3v) is 4.57. The van der Waals surface area contributed by atoms with Crippen molar-refractivity contribution in [3.63, 3.8) is 0 Å². The number of para-hydroxylation sites is 2. The summed E-state index contributed by atoms with van der Waals surface area (Å²) in [6, 6.07) is 10.5. The van der Waals surface area contributed by atoms with Gasteiger partial charge in [0.2, 0.25) is 5.91 Å². The van der Waals surface area contributed by atoms with Gasteiger partial charge in [0.05, 0.1) is 35.0 Å². The Kier molecular flexibility index (Phi) is 5.97. The van der Waals surface area contributed by atoms with Crippen molar-refractivity contribution in [3.05, 3.63) is 77.9 Å². The molecule has 0 spiro atoms. The minimum atomic E-state index is -0.488. The number of pyridine rings is 1. The van der Waals surface area contributed by atoms with Gasteiger partial charge in [0.15, 0.2) is 0 Å². The molecule has 3 aromatic heterocycles. The number of hydrogen-bond acceptors (Lipinski definition) is 5. The lowest BCUT2D eigenvalue weighted by Crippen LogP contribution is -2.29. The first-order valence-electron chi connectivity index (χ1n) is 9.69. The molecular formula is C21H20FN7O2. The van der Waals surface area contributed by atoms with Crippen molar-refractivity contribution in [2.75, 3.05) is 6.54 Å². The fourth-order valence-electron chi connectivity index (χ4n) is 3.03. The minimum absolute atomic E-state index is 0.0255. The highest BCUT2D eigenvalue weighted by Gasteiger charge is 2.12. The average molecular weight is 421 g/mol. The molecule has 2 amide bonds. The van der Waals surface area contributed by atoms with Gasteiger partial charge in [-0.25, -0.2) is 9.37 Å². The Morgan fingerprint density at radius 2 is 2.00 bits per heavy atom. The molecule has 31 heavy (non-hydrogen) atoms. The Hall–Kier alpha value is -4.08. The Bertz CT molecular complexity index is 1180. The normalized spacial score (nSPS) is 10.9. The summed E-state index contributed by atoms with van der Waals surface area (Å²) in [7, 11) is 0. The number of carbonyl (C=O) groups is 2. The fourth-order valence-corrected chi connectivity index (χ4v) is 3.03. The molecule has 4 aromatic rings. The molecular weight excluding hydrogens is 401 g/mol. The second kappa shape index (κ2) is 9.16. The molecule has 158 valence electrons. The van der Waals surface area contributed by atoms with Crippen molar-refractivity contribution in [1.82, 2.24) is 35.4 Å². The number of halogens is 1. The van der Waals surface area contributed by atoms with Gasteiger partial charge in [0, 0.05) is 25.4 Å². The number of benzene rings is 1. The predicted octanol–water partition coefficient (Wildman–Crippen LogP) is 1.58. The zero-order valence-corrected chi connectivity index (χ0v) is 16.5. The number of aromatic nitrogens is 5. The summed E-state index contributed by atoms with van der Waals surface area (Å²) in [6.45, 7) is 0.351. The van der Waals surface area contributed by atoms with Gasteiger partial charge in [0.25, 0.3) is 5.91 Å². The first-order chi connectivity index (χ1) is 15.1. The lowest BCUT2D eigenvalue weighted by molar-refractivity contribution is -0.121. The van der Waals surface area contributed by atoms with Gasteiger partial charge in [-0.1, -0.05) is 12.1 Å². The summed E-state index contributed by atoms with van der Waals surface area (Å²) in [5.41, 5.74) is 2.26. The van der Waals surface area contributed by atoms with Gasteiger partial charge in [0.1, 0.15) is 18.2 Å². The standard InChI is InChI=1S/C21H20FN7O2/c22-15-4-3-8-23-18(15)11-25-21(31)14-10-26-29(12-14)13-20(30)24-9-7-19-27-16-5-1-2-6-17(16)28-19/h1-6,8,10,12H,7,9,11,13H2,(H,24,30)(H,25,31)(H,27,28). The number of nitrogens with zero attached hydrogens (tertiary/aromatic N) is 4. The van der Waals surface area contributed by atoms with Crippen LogP contribution in [0.3, 0.4) is 0 Å². The summed E-state index contributed by atoms with van der Waals surface area (Å²) in [6.07, 6.45) is 4.83. The summed E-state index contributed by atoms with van der Waals surface area (Å²) in [4.78, 5) is 35.9. The Morgan fingerprint density at radius 1 is 1.13 bits per heavy atom. The lowest BCUT2D eigenvalue weighted by Gasteiger charge is -2.05. The molecule has 1 aromatic carbocycles. The van der Waals surface area contributed by atoms with Crippen LogP contribution in [0.1, 0.15) is 21.9 Å². The second-order valence-electron chi connectivity index (χ2n) is 6.84. The summed E-state index contributed by atoms with van der Waals surface area (Å²) < 4.78 is 14.9. The molecule has 10 heteroatoms. The SMILES string of the molecule is O=C(Cn1cc(C(=O)NCc2ncccc2F)cn1)NCCc1nc2ccccc2[nH]1. The van der Waals surface area contributed by atoms with Crippen LogP contribution >= 0.6 is 0 Å². The van der Waals surface area contributed by atoms with E-state index >= 15 is 0 Å². The maximum atomic E-state index is 13.6. The Morgan fingerprint density at radius 3 is 2.84 bits per heavy atom. The van der Waals surface area contributed by atoms with Crippen molar-refractivity contribution in [2.24, 2.45) is 0 Å². The van der Waals surface area contributed by atoms with Crippen molar-refractivity contribution in [2.45, 2.75) is 19.5 Å². The smallest absolute Gasteiger partial charge is 0.254 e. The maximum absolute atomic E-state index is 13.6. The van der Waals surface area contributed by atoms with Crippen molar-refractivity contribution in [3.8, 4) is 0 Å². The van der Waals surface area contributed by atoms with Gasteiger partial charge in [-0.05, 0) is 24.3 Å². The van der Waals surface area contributed by atoms with Crippen LogP contribution < -0.4 is 10.6 Å². The number of imidazole rings is 1. The molecule has 0 saturated heterocycles.